The number of hydrogen-bond acceptors (Lipinski definition) is 4. The van der Waals surface area contributed by atoms with Crippen molar-refractivity contribution in [1.29, 1.82) is 0 Å². The fourth-order valence-corrected chi connectivity index (χ4v) is 3.69. The van der Waals surface area contributed by atoms with E-state index < -0.39 is 12.0 Å². The molecule has 2 atom stereocenters. The summed E-state index contributed by atoms with van der Waals surface area (Å²) in [6.07, 6.45) is 0. The van der Waals surface area contributed by atoms with Crippen LogP contribution in [0.15, 0.2) is 42.5 Å². The molecule has 1 fully saturated rings. The van der Waals surface area contributed by atoms with E-state index in [9.17, 15) is 4.79 Å². The van der Waals surface area contributed by atoms with Gasteiger partial charge in [-0.25, -0.2) is 0 Å². The molecule has 23 heavy (non-hydrogen) atoms. The van der Waals surface area contributed by atoms with E-state index in [0.717, 1.165) is 22.6 Å². The zero-order chi connectivity index (χ0) is 16.4. The lowest BCUT2D eigenvalue weighted by molar-refractivity contribution is -0.138. The summed E-state index contributed by atoms with van der Waals surface area (Å²) in [6.45, 7) is 1.93. The Morgan fingerprint density at radius 3 is 2.57 bits per heavy atom. The van der Waals surface area contributed by atoms with Crippen LogP contribution >= 0.6 is 23.4 Å². The minimum absolute atomic E-state index is 0.00271. The molecule has 6 heteroatoms. The first kappa shape index (κ1) is 16.2. The van der Waals surface area contributed by atoms with E-state index in [4.69, 9.17) is 21.4 Å². The third-order valence-electron chi connectivity index (χ3n) is 3.63. The van der Waals surface area contributed by atoms with Crippen LogP contribution in [0.1, 0.15) is 16.5 Å². The summed E-state index contributed by atoms with van der Waals surface area (Å²) in [7, 11) is 0. The minimum atomic E-state index is -0.807. The second-order valence-electron chi connectivity index (χ2n) is 5.35. The third-order valence-corrected chi connectivity index (χ3v) is 5.32. The molecule has 4 nitrogen and oxygen atoms in total. The van der Waals surface area contributed by atoms with Crippen molar-refractivity contribution in [3.8, 4) is 11.5 Å². The van der Waals surface area contributed by atoms with Gasteiger partial charge in [0.2, 0.25) is 0 Å². The van der Waals surface area contributed by atoms with E-state index in [0.29, 0.717) is 10.8 Å². The maximum absolute atomic E-state index is 11.0. The summed E-state index contributed by atoms with van der Waals surface area (Å²) in [4.78, 5) is 11.0. The number of aliphatic carboxylic acids is 1. The summed E-state index contributed by atoms with van der Waals surface area (Å²) in [5.74, 6) is 1.23. The number of benzene rings is 2. The quantitative estimate of drug-likeness (QED) is 0.865. The summed E-state index contributed by atoms with van der Waals surface area (Å²) in [6, 6.07) is 12.7. The molecule has 0 spiro atoms. The molecule has 2 N–H and O–H groups in total. The van der Waals surface area contributed by atoms with Crippen LogP contribution in [0.2, 0.25) is 5.02 Å². The van der Waals surface area contributed by atoms with Crippen molar-refractivity contribution in [3.05, 3.63) is 58.6 Å². The number of rotatable bonds is 4. The highest BCUT2D eigenvalue weighted by Crippen LogP contribution is 2.34. The van der Waals surface area contributed by atoms with E-state index in [1.165, 1.54) is 0 Å². The smallest absolute Gasteiger partial charge is 0.321 e. The van der Waals surface area contributed by atoms with Crippen LogP contribution < -0.4 is 10.1 Å². The highest BCUT2D eigenvalue weighted by Gasteiger charge is 2.30. The van der Waals surface area contributed by atoms with E-state index in [2.05, 4.69) is 5.32 Å². The van der Waals surface area contributed by atoms with Crippen LogP contribution in [-0.4, -0.2) is 22.9 Å². The van der Waals surface area contributed by atoms with Crippen molar-refractivity contribution in [1.82, 2.24) is 5.32 Å². The molecule has 0 aliphatic carbocycles. The SMILES string of the molecule is Cc1cc(Oc2ccc(C3NC(C(=O)O)CS3)cc2)ccc1Cl. The molecule has 1 aliphatic heterocycles. The number of halogens is 1. The Labute approximate surface area is 143 Å². The van der Waals surface area contributed by atoms with Crippen LogP contribution in [0, 0.1) is 6.92 Å². The molecule has 2 aromatic rings. The van der Waals surface area contributed by atoms with Gasteiger partial charge < -0.3 is 9.84 Å². The van der Waals surface area contributed by atoms with E-state index in [1.807, 2.05) is 49.4 Å². The maximum atomic E-state index is 11.0. The molecular weight excluding hydrogens is 334 g/mol. The van der Waals surface area contributed by atoms with E-state index >= 15 is 0 Å². The van der Waals surface area contributed by atoms with Crippen LogP contribution in [0.25, 0.3) is 0 Å². The first-order chi connectivity index (χ1) is 11.0. The normalized spacial score (nSPS) is 20.4. The van der Waals surface area contributed by atoms with Gasteiger partial charge in [0.15, 0.2) is 0 Å². The van der Waals surface area contributed by atoms with Gasteiger partial charge in [-0.2, -0.15) is 0 Å². The Morgan fingerprint density at radius 1 is 1.26 bits per heavy atom. The lowest BCUT2D eigenvalue weighted by atomic mass is 10.2. The Hall–Kier alpha value is -1.69. The Balaban J connectivity index is 1.67. The average Bonchev–Trinajstić information content (AvgIpc) is 3.02. The number of ether oxygens (including phenoxy) is 1. The molecule has 0 saturated carbocycles. The zero-order valence-corrected chi connectivity index (χ0v) is 14.0. The first-order valence-electron chi connectivity index (χ1n) is 7.17. The monoisotopic (exact) mass is 349 g/mol. The van der Waals surface area contributed by atoms with Gasteiger partial charge in [0, 0.05) is 10.8 Å². The molecule has 0 radical (unpaired) electrons. The van der Waals surface area contributed by atoms with Gasteiger partial charge in [-0.3, -0.25) is 10.1 Å². The first-order valence-corrected chi connectivity index (χ1v) is 8.60. The fraction of sp³-hybridized carbons (Fsp3) is 0.235. The Bertz CT molecular complexity index is 720. The molecule has 0 amide bonds. The number of hydrogen-bond donors (Lipinski definition) is 2. The summed E-state index contributed by atoms with van der Waals surface area (Å²) < 4.78 is 5.81. The zero-order valence-electron chi connectivity index (χ0n) is 12.5. The highest BCUT2D eigenvalue weighted by molar-refractivity contribution is 7.99. The average molecular weight is 350 g/mol. The number of nitrogens with one attached hydrogen (secondary N) is 1. The molecule has 1 aliphatic rings. The molecule has 0 bridgehead atoms. The predicted molar refractivity (Wildman–Crippen MR) is 92.5 cm³/mol. The van der Waals surface area contributed by atoms with Gasteiger partial charge in [0.25, 0.3) is 0 Å². The molecule has 3 rings (SSSR count). The van der Waals surface area contributed by atoms with Gasteiger partial charge in [0.1, 0.15) is 17.5 Å². The van der Waals surface area contributed by atoms with Crippen molar-refractivity contribution in [2.75, 3.05) is 5.75 Å². The van der Waals surface area contributed by atoms with Crippen LogP contribution in [-0.2, 0) is 4.79 Å². The van der Waals surface area contributed by atoms with Crippen LogP contribution in [0.3, 0.4) is 0 Å². The van der Waals surface area contributed by atoms with Gasteiger partial charge in [-0.05, 0) is 48.4 Å². The van der Waals surface area contributed by atoms with Crippen molar-refractivity contribution >= 4 is 29.3 Å². The Kier molecular flexibility index (Phi) is 4.80. The van der Waals surface area contributed by atoms with Crippen molar-refractivity contribution in [3.63, 3.8) is 0 Å². The second kappa shape index (κ2) is 6.83. The third kappa shape index (κ3) is 3.80. The number of carboxylic acids is 1. The van der Waals surface area contributed by atoms with Gasteiger partial charge in [0.05, 0.1) is 5.37 Å². The summed E-state index contributed by atoms with van der Waals surface area (Å²) in [5, 5.41) is 12.8. The lowest BCUT2D eigenvalue weighted by Crippen LogP contribution is -2.33. The molecule has 1 heterocycles. The number of carbonyl (C=O) groups is 1. The molecule has 1 saturated heterocycles. The summed E-state index contributed by atoms with van der Waals surface area (Å²) >= 11 is 7.60. The van der Waals surface area contributed by atoms with Crippen molar-refractivity contribution < 1.29 is 14.6 Å². The second-order valence-corrected chi connectivity index (χ2v) is 6.90. The molecule has 0 aromatic heterocycles. The fourth-order valence-electron chi connectivity index (χ4n) is 2.33. The predicted octanol–water partition coefficient (Wildman–Crippen LogP) is 4.23. The highest BCUT2D eigenvalue weighted by atomic mass is 35.5. The lowest BCUT2D eigenvalue weighted by Gasteiger charge is -2.12. The molecule has 120 valence electrons. The van der Waals surface area contributed by atoms with E-state index in [1.54, 1.807) is 11.8 Å². The molecule has 2 aromatic carbocycles. The molecule has 2 unspecified atom stereocenters. The largest absolute Gasteiger partial charge is 0.480 e. The van der Waals surface area contributed by atoms with Crippen molar-refractivity contribution in [2.45, 2.75) is 18.3 Å². The van der Waals surface area contributed by atoms with Crippen LogP contribution in [0.5, 0.6) is 11.5 Å². The van der Waals surface area contributed by atoms with Gasteiger partial charge in [-0.15, -0.1) is 11.8 Å². The van der Waals surface area contributed by atoms with E-state index in [-0.39, 0.29) is 5.37 Å². The Morgan fingerprint density at radius 2 is 1.96 bits per heavy atom. The topological polar surface area (TPSA) is 58.6 Å². The number of aryl methyl sites for hydroxylation is 1. The number of thioether (sulfide) groups is 1. The molecular formula is C17H16ClNO3S. The minimum Gasteiger partial charge on any atom is -0.480 e. The maximum Gasteiger partial charge on any atom is 0.321 e. The van der Waals surface area contributed by atoms with Crippen molar-refractivity contribution in [2.24, 2.45) is 0 Å². The van der Waals surface area contributed by atoms with Gasteiger partial charge in [-0.1, -0.05) is 23.7 Å². The van der Waals surface area contributed by atoms with Crippen LogP contribution in [0.4, 0.5) is 0 Å². The number of carboxylic acid groups (broad SMARTS) is 1. The summed E-state index contributed by atoms with van der Waals surface area (Å²) in [5.41, 5.74) is 2.01. The standard InChI is InChI=1S/C17H16ClNO3S/c1-10-8-13(6-7-14(10)18)22-12-4-2-11(3-5-12)16-19-15(9-23-16)17(20)21/h2-8,15-16,19H,9H2,1H3,(H,20,21). The van der Waals surface area contributed by atoms with Gasteiger partial charge >= 0.3 is 5.97 Å².